The molecule has 0 bridgehead atoms. The van der Waals surface area contributed by atoms with Crippen molar-refractivity contribution in [1.29, 1.82) is 0 Å². The predicted molar refractivity (Wildman–Crippen MR) is 95.3 cm³/mol. The highest BCUT2D eigenvalue weighted by Gasteiger charge is 2.50. The molecule has 1 heterocycles. The molecule has 148 valence electrons. The molecule has 2 aliphatic rings. The lowest BCUT2D eigenvalue weighted by molar-refractivity contribution is -0.136. The maximum Gasteiger partial charge on any atom is 0.303 e. The fraction of sp³-hybridized carbons (Fsp3) is 0.750. The van der Waals surface area contributed by atoms with E-state index in [0.717, 1.165) is 25.7 Å². The zero-order valence-corrected chi connectivity index (χ0v) is 15.3. The Kier molecular flexibility index (Phi) is 8.22. The third kappa shape index (κ3) is 5.61. The largest absolute Gasteiger partial charge is 0.481 e. The van der Waals surface area contributed by atoms with Crippen LogP contribution in [0, 0.1) is 11.8 Å². The number of ether oxygens (including phenoxy) is 1. The molecule has 1 saturated carbocycles. The molecule has 26 heavy (non-hydrogen) atoms. The number of carboxylic acid groups (broad SMARTS) is 1. The number of carbonyl (C=O) groups is 1. The molecule has 0 amide bonds. The number of fused-ring (bicyclic) bond motifs is 1. The van der Waals surface area contributed by atoms with E-state index in [4.69, 9.17) is 9.84 Å². The third-order valence-corrected chi connectivity index (χ3v) is 5.33. The van der Waals surface area contributed by atoms with Gasteiger partial charge in [-0.25, -0.2) is 8.78 Å². The van der Waals surface area contributed by atoms with Gasteiger partial charge in [0.1, 0.15) is 24.6 Å². The first-order chi connectivity index (χ1) is 12.4. The zero-order valence-electron chi connectivity index (χ0n) is 15.3. The molecule has 1 aliphatic heterocycles. The first-order valence-electron chi connectivity index (χ1n) is 9.62. The second-order valence-electron chi connectivity index (χ2n) is 7.30. The van der Waals surface area contributed by atoms with Crippen LogP contribution in [0.1, 0.15) is 51.9 Å². The van der Waals surface area contributed by atoms with Crippen LogP contribution in [-0.2, 0) is 9.53 Å². The van der Waals surface area contributed by atoms with Crippen molar-refractivity contribution in [3.63, 3.8) is 0 Å². The summed E-state index contributed by atoms with van der Waals surface area (Å²) in [5.74, 6) is -1.24. The second kappa shape index (κ2) is 10.2. The van der Waals surface area contributed by atoms with E-state index < -0.39 is 30.5 Å². The first-order valence-corrected chi connectivity index (χ1v) is 9.62. The maximum atomic E-state index is 14.8. The van der Waals surface area contributed by atoms with Crippen molar-refractivity contribution in [3.05, 3.63) is 24.3 Å². The van der Waals surface area contributed by atoms with Crippen molar-refractivity contribution in [2.24, 2.45) is 11.8 Å². The van der Waals surface area contributed by atoms with E-state index >= 15 is 0 Å². The van der Waals surface area contributed by atoms with Gasteiger partial charge >= 0.3 is 5.97 Å². The van der Waals surface area contributed by atoms with Crippen molar-refractivity contribution < 1.29 is 28.5 Å². The van der Waals surface area contributed by atoms with Crippen LogP contribution in [0.3, 0.4) is 0 Å². The second-order valence-corrected chi connectivity index (χ2v) is 7.30. The molecule has 0 spiro atoms. The molecule has 0 aromatic heterocycles. The average Bonchev–Trinajstić information content (AvgIpc) is 3.14. The zero-order chi connectivity index (χ0) is 19.1. The molecule has 2 N–H and O–H groups in total. The molecule has 0 radical (unpaired) electrons. The van der Waals surface area contributed by atoms with Gasteiger partial charge in [0.15, 0.2) is 0 Å². The Morgan fingerprint density at radius 2 is 2.12 bits per heavy atom. The molecule has 1 aliphatic carbocycles. The quantitative estimate of drug-likeness (QED) is 0.569. The van der Waals surface area contributed by atoms with Crippen LogP contribution in [0.25, 0.3) is 0 Å². The SMILES string of the molecule is CCCC[C@@H](F)[C@H](O)/C=C/[C@H]1CC[C@@H]2OC(/C=C/CCC(=O)O)C(F)[C@@H]21. The summed E-state index contributed by atoms with van der Waals surface area (Å²) in [5, 5.41) is 18.5. The molecule has 2 rings (SSSR count). The van der Waals surface area contributed by atoms with Crippen LogP contribution in [0.15, 0.2) is 24.3 Å². The number of aliphatic hydroxyl groups excluding tert-OH is 1. The molecule has 1 saturated heterocycles. The number of halogens is 2. The summed E-state index contributed by atoms with van der Waals surface area (Å²) >= 11 is 0. The van der Waals surface area contributed by atoms with Crippen LogP contribution >= 0.6 is 0 Å². The Bertz CT molecular complexity index is 508. The fourth-order valence-corrected chi connectivity index (χ4v) is 3.87. The van der Waals surface area contributed by atoms with Gasteiger partial charge in [-0.15, -0.1) is 0 Å². The number of aliphatic hydroxyl groups is 1. The van der Waals surface area contributed by atoms with Crippen LogP contribution in [0.4, 0.5) is 8.78 Å². The van der Waals surface area contributed by atoms with Gasteiger partial charge in [-0.1, -0.05) is 44.1 Å². The summed E-state index contributed by atoms with van der Waals surface area (Å²) in [4.78, 5) is 10.5. The Hall–Kier alpha value is -1.27. The van der Waals surface area contributed by atoms with Crippen LogP contribution in [0.5, 0.6) is 0 Å². The molecule has 0 aromatic rings. The van der Waals surface area contributed by atoms with E-state index in [1.807, 2.05) is 6.92 Å². The van der Waals surface area contributed by atoms with Gasteiger partial charge in [0.05, 0.1) is 6.10 Å². The summed E-state index contributed by atoms with van der Waals surface area (Å²) in [5.41, 5.74) is 0. The van der Waals surface area contributed by atoms with Gasteiger partial charge in [-0.05, 0) is 31.6 Å². The molecule has 2 fully saturated rings. The Morgan fingerprint density at radius 1 is 1.35 bits per heavy atom. The molecule has 4 nitrogen and oxygen atoms in total. The van der Waals surface area contributed by atoms with Crippen LogP contribution in [0.2, 0.25) is 0 Å². The minimum absolute atomic E-state index is 0.0126. The summed E-state index contributed by atoms with van der Waals surface area (Å²) in [6.45, 7) is 1.97. The smallest absolute Gasteiger partial charge is 0.303 e. The Balaban J connectivity index is 1.87. The monoisotopic (exact) mass is 372 g/mol. The number of alkyl halides is 2. The summed E-state index contributed by atoms with van der Waals surface area (Å²) < 4.78 is 34.4. The normalized spacial score (nSPS) is 33.8. The fourth-order valence-electron chi connectivity index (χ4n) is 3.87. The van der Waals surface area contributed by atoms with E-state index in [9.17, 15) is 18.7 Å². The highest BCUT2D eigenvalue weighted by Crippen LogP contribution is 2.45. The van der Waals surface area contributed by atoms with E-state index in [1.165, 1.54) is 6.08 Å². The van der Waals surface area contributed by atoms with Crippen molar-refractivity contribution in [3.8, 4) is 0 Å². The topological polar surface area (TPSA) is 66.8 Å². The van der Waals surface area contributed by atoms with Crippen molar-refractivity contribution in [2.45, 2.75) is 82.5 Å². The van der Waals surface area contributed by atoms with E-state index in [2.05, 4.69) is 0 Å². The van der Waals surface area contributed by atoms with Gasteiger partial charge in [0.2, 0.25) is 0 Å². The molecular weight excluding hydrogens is 342 g/mol. The molecular formula is C20H30F2O4. The van der Waals surface area contributed by atoms with Crippen LogP contribution < -0.4 is 0 Å². The lowest BCUT2D eigenvalue weighted by Crippen LogP contribution is -2.25. The Labute approximate surface area is 153 Å². The summed E-state index contributed by atoms with van der Waals surface area (Å²) in [6.07, 6.45) is 5.87. The summed E-state index contributed by atoms with van der Waals surface area (Å²) in [7, 11) is 0. The molecule has 0 aromatic carbocycles. The predicted octanol–water partition coefficient (Wildman–Crippen LogP) is 3.98. The van der Waals surface area contributed by atoms with Gasteiger partial charge in [-0.2, -0.15) is 0 Å². The van der Waals surface area contributed by atoms with Crippen molar-refractivity contribution >= 4 is 5.97 Å². The van der Waals surface area contributed by atoms with Gasteiger partial charge in [-0.3, -0.25) is 4.79 Å². The standard InChI is InChI=1S/C20H30F2O4/c1-2-3-6-14(21)15(23)11-9-13-10-12-16-19(13)20(22)17(26-16)7-4-5-8-18(24)25/h4,7,9,11,13-17,19-20,23H,2-3,5-6,8,10,12H2,1H3,(H,24,25)/b7-4+,11-9+/t13-,14+,15+,16-,17?,19+,20?/m0/s1. The number of carboxylic acids is 1. The number of hydrogen-bond donors (Lipinski definition) is 2. The summed E-state index contributed by atoms with van der Waals surface area (Å²) in [6, 6.07) is 0. The number of hydrogen-bond acceptors (Lipinski definition) is 3. The first kappa shape index (κ1) is 21.0. The number of aliphatic carboxylic acids is 1. The number of allylic oxidation sites excluding steroid dienone is 2. The Morgan fingerprint density at radius 3 is 2.81 bits per heavy atom. The van der Waals surface area contributed by atoms with Crippen molar-refractivity contribution in [2.75, 3.05) is 0 Å². The van der Waals surface area contributed by atoms with E-state index in [0.29, 0.717) is 12.8 Å². The highest BCUT2D eigenvalue weighted by atomic mass is 19.1. The van der Waals surface area contributed by atoms with Crippen molar-refractivity contribution in [1.82, 2.24) is 0 Å². The van der Waals surface area contributed by atoms with Crippen LogP contribution in [-0.4, -0.2) is 46.8 Å². The number of rotatable bonds is 10. The maximum absolute atomic E-state index is 14.8. The average molecular weight is 372 g/mol. The lowest BCUT2D eigenvalue weighted by atomic mass is 9.89. The number of unbranched alkanes of at least 4 members (excludes halogenated alkanes) is 1. The highest BCUT2D eigenvalue weighted by molar-refractivity contribution is 5.66. The third-order valence-electron chi connectivity index (χ3n) is 5.33. The molecule has 2 unspecified atom stereocenters. The van der Waals surface area contributed by atoms with E-state index in [-0.39, 0.29) is 24.4 Å². The lowest BCUT2D eigenvalue weighted by Gasteiger charge is -2.18. The molecule has 6 heteroatoms. The minimum Gasteiger partial charge on any atom is -0.481 e. The van der Waals surface area contributed by atoms with Gasteiger partial charge < -0.3 is 14.9 Å². The minimum atomic E-state index is -1.28. The van der Waals surface area contributed by atoms with E-state index in [1.54, 1.807) is 18.2 Å². The molecule has 7 atom stereocenters. The van der Waals surface area contributed by atoms with Gasteiger partial charge in [0, 0.05) is 12.3 Å². The van der Waals surface area contributed by atoms with Gasteiger partial charge in [0.25, 0.3) is 0 Å².